The van der Waals surface area contributed by atoms with E-state index in [0.29, 0.717) is 5.69 Å². The summed E-state index contributed by atoms with van der Waals surface area (Å²) in [6.07, 6.45) is 1.54. The fourth-order valence-electron chi connectivity index (χ4n) is 2.51. The number of aromatic nitrogens is 1. The Kier molecular flexibility index (Phi) is 3.77. The predicted molar refractivity (Wildman–Crippen MR) is 82.1 cm³/mol. The Morgan fingerprint density at radius 3 is 2.70 bits per heavy atom. The van der Waals surface area contributed by atoms with Crippen molar-refractivity contribution >= 4 is 23.5 Å². The van der Waals surface area contributed by atoms with Crippen molar-refractivity contribution in [3.8, 4) is 0 Å². The molecule has 118 valence electrons. The van der Waals surface area contributed by atoms with Crippen molar-refractivity contribution in [2.45, 2.75) is 19.0 Å². The first-order chi connectivity index (χ1) is 10.9. The van der Waals surface area contributed by atoms with Crippen molar-refractivity contribution < 1.29 is 14.0 Å². The number of hydrogen-bond acceptors (Lipinski definition) is 3. The molecule has 23 heavy (non-hydrogen) atoms. The van der Waals surface area contributed by atoms with Gasteiger partial charge in [0.05, 0.1) is 12.2 Å². The lowest BCUT2D eigenvalue weighted by atomic mass is 9.97. The summed E-state index contributed by atoms with van der Waals surface area (Å²) in [6, 6.07) is 8.69. The lowest BCUT2D eigenvalue weighted by Crippen LogP contribution is -2.41. The minimum absolute atomic E-state index is 0.0999. The van der Waals surface area contributed by atoms with Crippen LogP contribution in [0.15, 0.2) is 42.6 Å². The number of nitrogens with one attached hydrogen (secondary N) is 1. The fraction of sp³-hybridized carbons (Fsp3) is 0.188. The van der Waals surface area contributed by atoms with E-state index in [4.69, 9.17) is 11.6 Å². The van der Waals surface area contributed by atoms with Crippen LogP contribution in [0.2, 0.25) is 5.02 Å². The Morgan fingerprint density at radius 2 is 2.04 bits per heavy atom. The van der Waals surface area contributed by atoms with E-state index in [-0.39, 0.29) is 17.1 Å². The first-order valence-electron chi connectivity index (χ1n) is 6.92. The number of hydrogen-bond donors (Lipinski definition) is 1. The third-order valence-electron chi connectivity index (χ3n) is 3.83. The van der Waals surface area contributed by atoms with Crippen LogP contribution in [0, 0.1) is 5.82 Å². The molecule has 2 heterocycles. The number of urea groups is 1. The summed E-state index contributed by atoms with van der Waals surface area (Å²) in [4.78, 5) is 30.0. The van der Waals surface area contributed by atoms with Crippen LogP contribution in [-0.4, -0.2) is 21.8 Å². The summed E-state index contributed by atoms with van der Waals surface area (Å²) < 4.78 is 13.9. The van der Waals surface area contributed by atoms with Gasteiger partial charge in [-0.05, 0) is 31.2 Å². The van der Waals surface area contributed by atoms with E-state index in [9.17, 15) is 14.0 Å². The first kappa shape index (κ1) is 15.4. The van der Waals surface area contributed by atoms with Crippen LogP contribution >= 0.6 is 11.6 Å². The van der Waals surface area contributed by atoms with Crippen molar-refractivity contribution in [1.29, 1.82) is 0 Å². The molecule has 2 aromatic rings. The number of carbonyl (C=O) groups excluding carboxylic acids is 2. The van der Waals surface area contributed by atoms with Gasteiger partial charge in [0.15, 0.2) is 5.54 Å². The molecule has 0 saturated carbocycles. The van der Waals surface area contributed by atoms with Gasteiger partial charge in [-0.2, -0.15) is 0 Å². The second kappa shape index (κ2) is 5.62. The summed E-state index contributed by atoms with van der Waals surface area (Å²) >= 11 is 5.97. The molecular formula is C16H13ClFN3O2. The van der Waals surface area contributed by atoms with E-state index in [2.05, 4.69) is 10.3 Å². The van der Waals surface area contributed by atoms with Gasteiger partial charge in [-0.3, -0.25) is 14.7 Å². The smallest absolute Gasteiger partial charge is 0.318 e. The van der Waals surface area contributed by atoms with E-state index < -0.39 is 23.3 Å². The Hall–Kier alpha value is -2.47. The summed E-state index contributed by atoms with van der Waals surface area (Å²) in [7, 11) is 0. The maximum Gasteiger partial charge on any atom is 0.325 e. The molecule has 5 nitrogen and oxygen atoms in total. The fourth-order valence-corrected chi connectivity index (χ4v) is 2.74. The summed E-state index contributed by atoms with van der Waals surface area (Å²) in [5.74, 6) is -1.06. The monoisotopic (exact) mass is 333 g/mol. The quantitative estimate of drug-likeness (QED) is 0.879. The zero-order valence-electron chi connectivity index (χ0n) is 12.2. The average molecular weight is 334 g/mol. The summed E-state index contributed by atoms with van der Waals surface area (Å²) in [5, 5.41) is 2.78. The molecular weight excluding hydrogens is 321 g/mol. The molecule has 7 heteroatoms. The summed E-state index contributed by atoms with van der Waals surface area (Å²) in [6.45, 7) is 1.33. The lowest BCUT2D eigenvalue weighted by Gasteiger charge is -2.21. The highest BCUT2D eigenvalue weighted by Gasteiger charge is 2.50. The molecule has 1 fully saturated rings. The second-order valence-corrected chi connectivity index (χ2v) is 5.77. The molecule has 1 aliphatic rings. The second-order valence-electron chi connectivity index (χ2n) is 5.36. The van der Waals surface area contributed by atoms with Crippen LogP contribution < -0.4 is 5.32 Å². The van der Waals surface area contributed by atoms with E-state index in [0.717, 1.165) is 4.90 Å². The Bertz CT molecular complexity index is 764. The zero-order valence-corrected chi connectivity index (χ0v) is 13.0. The lowest BCUT2D eigenvalue weighted by molar-refractivity contribution is -0.131. The van der Waals surface area contributed by atoms with Crippen LogP contribution in [0.3, 0.4) is 0 Å². The number of amides is 3. The topological polar surface area (TPSA) is 62.3 Å². The van der Waals surface area contributed by atoms with E-state index in [1.165, 1.54) is 24.4 Å². The van der Waals surface area contributed by atoms with Crippen LogP contribution in [0.4, 0.5) is 9.18 Å². The van der Waals surface area contributed by atoms with Gasteiger partial charge in [0, 0.05) is 16.8 Å². The third-order valence-corrected chi connectivity index (χ3v) is 4.18. The third kappa shape index (κ3) is 2.55. The van der Waals surface area contributed by atoms with E-state index in [1.54, 1.807) is 25.1 Å². The van der Waals surface area contributed by atoms with Gasteiger partial charge in [-0.25, -0.2) is 9.18 Å². The van der Waals surface area contributed by atoms with Gasteiger partial charge in [-0.15, -0.1) is 0 Å². The minimum atomic E-state index is -1.28. The molecule has 1 saturated heterocycles. The number of benzene rings is 1. The Morgan fingerprint density at radius 1 is 1.26 bits per heavy atom. The van der Waals surface area contributed by atoms with Crippen LogP contribution in [0.25, 0.3) is 0 Å². The van der Waals surface area contributed by atoms with Gasteiger partial charge >= 0.3 is 6.03 Å². The van der Waals surface area contributed by atoms with Gasteiger partial charge < -0.3 is 5.32 Å². The molecule has 1 atom stereocenters. The Labute approximate surface area is 137 Å². The van der Waals surface area contributed by atoms with Gasteiger partial charge in [-0.1, -0.05) is 23.7 Å². The van der Waals surface area contributed by atoms with E-state index in [1.807, 2.05) is 0 Å². The molecule has 0 spiro atoms. The average Bonchev–Trinajstić information content (AvgIpc) is 2.75. The van der Waals surface area contributed by atoms with Crippen molar-refractivity contribution in [2.24, 2.45) is 0 Å². The molecule has 3 rings (SSSR count). The molecule has 1 aromatic carbocycles. The normalized spacial score (nSPS) is 20.7. The Balaban J connectivity index is 1.94. The standard InChI is InChI=1S/C16H13ClFN3O2/c1-16(13-7-2-3-8-19-13)14(22)21(15(23)20-16)9-10-11(17)5-4-6-12(10)18/h2-8H,9H2,1H3,(H,20,23)/t16-/m0/s1. The SMILES string of the molecule is C[C@@]1(c2ccccn2)NC(=O)N(Cc2c(F)cccc2Cl)C1=O. The van der Waals surface area contributed by atoms with Gasteiger partial charge in [0.2, 0.25) is 0 Å². The van der Waals surface area contributed by atoms with Crippen LogP contribution in [0.5, 0.6) is 0 Å². The largest absolute Gasteiger partial charge is 0.325 e. The van der Waals surface area contributed by atoms with Gasteiger partial charge in [0.1, 0.15) is 5.82 Å². The minimum Gasteiger partial charge on any atom is -0.318 e. The zero-order chi connectivity index (χ0) is 16.6. The molecule has 1 aliphatic heterocycles. The van der Waals surface area contributed by atoms with Gasteiger partial charge in [0.25, 0.3) is 5.91 Å². The number of nitrogens with zero attached hydrogens (tertiary/aromatic N) is 2. The van der Waals surface area contributed by atoms with Crippen LogP contribution in [-0.2, 0) is 16.9 Å². The van der Waals surface area contributed by atoms with Crippen molar-refractivity contribution in [2.75, 3.05) is 0 Å². The highest BCUT2D eigenvalue weighted by molar-refractivity contribution is 6.31. The first-order valence-corrected chi connectivity index (χ1v) is 7.30. The molecule has 1 N–H and O–H groups in total. The molecule has 0 radical (unpaired) electrons. The van der Waals surface area contributed by atoms with Crippen molar-refractivity contribution in [3.05, 3.63) is 64.7 Å². The molecule has 1 aromatic heterocycles. The highest BCUT2D eigenvalue weighted by atomic mass is 35.5. The maximum absolute atomic E-state index is 13.9. The number of imide groups is 1. The molecule has 0 aliphatic carbocycles. The number of rotatable bonds is 3. The summed E-state index contributed by atoms with van der Waals surface area (Å²) in [5.41, 5.74) is -0.765. The van der Waals surface area contributed by atoms with Crippen LogP contribution in [0.1, 0.15) is 18.2 Å². The van der Waals surface area contributed by atoms with Crippen molar-refractivity contribution in [1.82, 2.24) is 15.2 Å². The number of pyridine rings is 1. The predicted octanol–water partition coefficient (Wildman–Crippen LogP) is 2.84. The molecule has 0 unspecified atom stereocenters. The molecule has 0 bridgehead atoms. The number of carbonyl (C=O) groups is 2. The number of halogens is 2. The van der Waals surface area contributed by atoms with E-state index >= 15 is 0 Å². The molecule has 3 amide bonds. The van der Waals surface area contributed by atoms with Crippen molar-refractivity contribution in [3.63, 3.8) is 0 Å². The highest BCUT2D eigenvalue weighted by Crippen LogP contribution is 2.30. The maximum atomic E-state index is 13.9.